The Bertz CT molecular complexity index is 183. The lowest BCUT2D eigenvalue weighted by Gasteiger charge is -2.31. The van der Waals surface area contributed by atoms with Gasteiger partial charge in [-0.2, -0.15) is 0 Å². The average molecular weight is 221 g/mol. The molecular weight excluding hydrogens is 204 g/mol. The van der Waals surface area contributed by atoms with Crippen molar-refractivity contribution in [1.29, 1.82) is 0 Å². The molecule has 1 aliphatic rings. The second-order valence-electron chi connectivity index (χ2n) is 3.60. The smallest absolute Gasteiger partial charge is 0.0460 e. The summed E-state index contributed by atoms with van der Waals surface area (Å²) < 4.78 is 22.7. The van der Waals surface area contributed by atoms with Crippen LogP contribution in [0, 0.1) is 5.92 Å². The van der Waals surface area contributed by atoms with Crippen LogP contribution in [0.5, 0.6) is 0 Å². The van der Waals surface area contributed by atoms with Crippen LogP contribution in [-0.2, 0) is 11.3 Å². The van der Waals surface area contributed by atoms with Gasteiger partial charge in [-0.15, -0.1) is 0 Å². The van der Waals surface area contributed by atoms with Crippen molar-refractivity contribution >= 4 is 11.3 Å². The Labute approximate surface area is 86.9 Å². The standard InChI is InChI=1S/C8H18N2O3S/c11-7-8-1-4-10(5-2-8)6-3-9-14(12)13/h8-9,11H,1-7H2,(H,12,13)/p-1. The van der Waals surface area contributed by atoms with Gasteiger partial charge in [0.25, 0.3) is 0 Å². The van der Waals surface area contributed by atoms with Crippen molar-refractivity contribution in [3.05, 3.63) is 0 Å². The topological polar surface area (TPSA) is 75.6 Å². The summed E-state index contributed by atoms with van der Waals surface area (Å²) in [5.41, 5.74) is 0. The highest BCUT2D eigenvalue weighted by molar-refractivity contribution is 7.77. The summed E-state index contributed by atoms with van der Waals surface area (Å²) in [6, 6.07) is 0. The molecule has 0 radical (unpaired) electrons. The van der Waals surface area contributed by atoms with E-state index in [1.807, 2.05) is 0 Å². The molecule has 2 N–H and O–H groups in total. The quantitative estimate of drug-likeness (QED) is 0.588. The molecule has 0 saturated carbocycles. The van der Waals surface area contributed by atoms with Crippen molar-refractivity contribution < 1.29 is 13.9 Å². The third kappa shape index (κ3) is 4.47. The van der Waals surface area contributed by atoms with E-state index >= 15 is 0 Å². The lowest BCUT2D eigenvalue weighted by molar-refractivity contribution is 0.133. The number of likely N-dealkylation sites (tertiary alicyclic amines) is 1. The minimum Gasteiger partial charge on any atom is -0.760 e. The monoisotopic (exact) mass is 221 g/mol. The normalized spacial score (nSPS) is 22.4. The number of rotatable bonds is 5. The second-order valence-corrected chi connectivity index (χ2v) is 4.35. The van der Waals surface area contributed by atoms with E-state index in [1.165, 1.54) is 0 Å². The average Bonchev–Trinajstić information content (AvgIpc) is 2.18. The number of piperidine rings is 1. The number of aliphatic hydroxyl groups is 1. The summed E-state index contributed by atoms with van der Waals surface area (Å²) in [5, 5.41) is 8.91. The molecule has 6 heteroatoms. The van der Waals surface area contributed by atoms with E-state index in [0.29, 0.717) is 12.5 Å². The van der Waals surface area contributed by atoms with Crippen molar-refractivity contribution in [3.8, 4) is 0 Å². The SMILES string of the molecule is O=S([O-])NCCN1CCC(CO)CC1. The van der Waals surface area contributed by atoms with Crippen LogP contribution >= 0.6 is 0 Å². The molecule has 1 unspecified atom stereocenters. The van der Waals surface area contributed by atoms with Crippen LogP contribution < -0.4 is 4.72 Å². The summed E-state index contributed by atoms with van der Waals surface area (Å²) >= 11 is -2.15. The van der Waals surface area contributed by atoms with Gasteiger partial charge in [0.15, 0.2) is 0 Å². The van der Waals surface area contributed by atoms with Gasteiger partial charge in [-0.3, -0.25) is 4.21 Å². The number of nitrogens with one attached hydrogen (secondary N) is 1. The highest BCUT2D eigenvalue weighted by Gasteiger charge is 2.17. The molecule has 1 saturated heterocycles. The Kier molecular flexibility index (Phi) is 5.57. The van der Waals surface area contributed by atoms with E-state index in [0.717, 1.165) is 32.5 Å². The minimum absolute atomic E-state index is 0.274. The molecule has 1 heterocycles. The molecule has 14 heavy (non-hydrogen) atoms. The molecule has 84 valence electrons. The first kappa shape index (κ1) is 12.1. The Morgan fingerprint density at radius 1 is 1.50 bits per heavy atom. The van der Waals surface area contributed by atoms with Crippen molar-refractivity contribution in [2.24, 2.45) is 5.92 Å². The van der Waals surface area contributed by atoms with Crippen molar-refractivity contribution in [2.45, 2.75) is 12.8 Å². The fraction of sp³-hybridized carbons (Fsp3) is 1.00. The van der Waals surface area contributed by atoms with Gasteiger partial charge < -0.3 is 14.6 Å². The van der Waals surface area contributed by atoms with Crippen LogP contribution in [0.3, 0.4) is 0 Å². The molecule has 0 aromatic rings. The maximum absolute atomic E-state index is 10.2. The highest BCUT2D eigenvalue weighted by Crippen LogP contribution is 2.15. The van der Waals surface area contributed by atoms with Gasteiger partial charge in [-0.05, 0) is 31.8 Å². The zero-order chi connectivity index (χ0) is 10.4. The third-order valence-electron chi connectivity index (χ3n) is 2.61. The fourth-order valence-electron chi connectivity index (χ4n) is 1.68. The zero-order valence-corrected chi connectivity index (χ0v) is 8.96. The van der Waals surface area contributed by atoms with Gasteiger partial charge >= 0.3 is 0 Å². The Hall–Kier alpha value is -0.0100. The maximum Gasteiger partial charge on any atom is 0.0460 e. The second kappa shape index (κ2) is 6.47. The molecule has 5 nitrogen and oxygen atoms in total. The Morgan fingerprint density at radius 2 is 2.14 bits per heavy atom. The summed E-state index contributed by atoms with van der Waals surface area (Å²) in [4.78, 5) is 2.21. The van der Waals surface area contributed by atoms with Crippen LogP contribution in [0.1, 0.15) is 12.8 Å². The lowest BCUT2D eigenvalue weighted by atomic mass is 9.98. The van der Waals surface area contributed by atoms with E-state index < -0.39 is 11.3 Å². The van der Waals surface area contributed by atoms with Crippen LogP contribution in [-0.4, -0.2) is 51.6 Å². The predicted molar refractivity (Wildman–Crippen MR) is 53.2 cm³/mol. The summed E-state index contributed by atoms with van der Waals surface area (Å²) in [5.74, 6) is 0.438. The lowest BCUT2D eigenvalue weighted by Crippen LogP contribution is -2.39. The van der Waals surface area contributed by atoms with Crippen LogP contribution in [0.2, 0.25) is 0 Å². The van der Waals surface area contributed by atoms with Gasteiger partial charge in [0.05, 0.1) is 0 Å². The summed E-state index contributed by atoms with van der Waals surface area (Å²) in [6.07, 6.45) is 2.02. The first-order chi connectivity index (χ1) is 6.72. The highest BCUT2D eigenvalue weighted by atomic mass is 32.2. The Balaban J connectivity index is 2.07. The number of nitrogens with zero attached hydrogens (tertiary/aromatic N) is 1. The van der Waals surface area contributed by atoms with Crippen molar-refractivity contribution in [1.82, 2.24) is 9.62 Å². The van der Waals surface area contributed by atoms with Crippen LogP contribution in [0.4, 0.5) is 0 Å². The number of hydrogen-bond acceptors (Lipinski definition) is 4. The maximum atomic E-state index is 10.2. The number of hydrogen-bond donors (Lipinski definition) is 2. The molecule has 0 amide bonds. The van der Waals surface area contributed by atoms with Crippen molar-refractivity contribution in [2.75, 3.05) is 32.8 Å². The minimum atomic E-state index is -2.15. The summed E-state index contributed by atoms with van der Waals surface area (Å²) in [7, 11) is 0. The van der Waals surface area contributed by atoms with E-state index in [9.17, 15) is 8.76 Å². The van der Waals surface area contributed by atoms with Crippen molar-refractivity contribution in [3.63, 3.8) is 0 Å². The van der Waals surface area contributed by atoms with Gasteiger partial charge in [-0.25, -0.2) is 4.72 Å². The first-order valence-corrected chi connectivity index (χ1v) is 5.96. The van der Waals surface area contributed by atoms with Gasteiger partial charge in [0.2, 0.25) is 0 Å². The molecule has 0 aromatic heterocycles. The molecule has 1 rings (SSSR count). The molecule has 1 aliphatic heterocycles. The van der Waals surface area contributed by atoms with Crippen LogP contribution in [0.15, 0.2) is 0 Å². The predicted octanol–water partition coefficient (Wildman–Crippen LogP) is -0.926. The molecular formula is C8H17N2O3S-. The molecule has 0 aromatic carbocycles. The molecule has 1 atom stereocenters. The number of aliphatic hydroxyl groups excluding tert-OH is 1. The first-order valence-electron chi connectivity index (χ1n) is 4.88. The molecule has 0 bridgehead atoms. The van der Waals surface area contributed by atoms with Gasteiger partial charge in [0, 0.05) is 31.0 Å². The molecule has 0 spiro atoms. The van der Waals surface area contributed by atoms with E-state index in [2.05, 4.69) is 9.62 Å². The summed E-state index contributed by atoms with van der Waals surface area (Å²) in [6.45, 7) is 3.42. The largest absolute Gasteiger partial charge is 0.760 e. The molecule has 0 aliphatic carbocycles. The van der Waals surface area contributed by atoms with Crippen LogP contribution in [0.25, 0.3) is 0 Å². The van der Waals surface area contributed by atoms with Gasteiger partial charge in [0.1, 0.15) is 0 Å². The fourth-order valence-corrected chi connectivity index (χ4v) is 1.94. The van der Waals surface area contributed by atoms with E-state index in [-0.39, 0.29) is 6.61 Å². The zero-order valence-electron chi connectivity index (χ0n) is 8.15. The third-order valence-corrected chi connectivity index (χ3v) is 3.05. The van der Waals surface area contributed by atoms with E-state index in [1.54, 1.807) is 0 Å². The molecule has 1 fully saturated rings. The Morgan fingerprint density at radius 3 is 2.64 bits per heavy atom. The van der Waals surface area contributed by atoms with E-state index in [4.69, 9.17) is 5.11 Å². The van der Waals surface area contributed by atoms with Gasteiger partial charge in [-0.1, -0.05) is 0 Å².